The van der Waals surface area contributed by atoms with E-state index < -0.39 is 24.2 Å². The molecule has 2 aromatic carbocycles. The fourth-order valence-electron chi connectivity index (χ4n) is 2.65. The molecule has 1 heterocycles. The molecule has 1 atom stereocenters. The summed E-state index contributed by atoms with van der Waals surface area (Å²) < 4.78 is 50.2. The number of nitrogens with zero attached hydrogens (tertiary/aromatic N) is 2. The smallest absolute Gasteiger partial charge is 0.438 e. The third-order valence-corrected chi connectivity index (χ3v) is 4.23. The summed E-state index contributed by atoms with van der Waals surface area (Å²) in [5, 5.41) is 13.3. The number of para-hydroxylation sites is 2. The molecule has 148 valence electrons. The quantitative estimate of drug-likeness (QED) is 0.844. The predicted octanol–water partition coefficient (Wildman–Crippen LogP) is 3.36. The number of halogens is 3. The number of methoxy groups -OCH3 is 1. The summed E-state index contributed by atoms with van der Waals surface area (Å²) >= 11 is 0. The third-order valence-electron chi connectivity index (χ3n) is 4.23. The fourth-order valence-corrected chi connectivity index (χ4v) is 2.65. The highest BCUT2D eigenvalue weighted by Gasteiger charge is 2.61. The molecule has 1 aliphatic heterocycles. The Labute approximate surface area is 158 Å². The van der Waals surface area contributed by atoms with Gasteiger partial charge in [0.25, 0.3) is 11.6 Å². The molecule has 0 saturated carbocycles. The van der Waals surface area contributed by atoms with E-state index in [1.807, 2.05) is 0 Å². The lowest BCUT2D eigenvalue weighted by Gasteiger charge is -2.32. The van der Waals surface area contributed by atoms with Crippen molar-refractivity contribution < 1.29 is 32.5 Å². The van der Waals surface area contributed by atoms with E-state index in [4.69, 9.17) is 9.47 Å². The van der Waals surface area contributed by atoms with Gasteiger partial charge in [0.1, 0.15) is 6.61 Å². The van der Waals surface area contributed by atoms with Gasteiger partial charge in [-0.15, -0.1) is 0 Å². The summed E-state index contributed by atoms with van der Waals surface area (Å²) in [5.74, 6) is 0.0465. The van der Waals surface area contributed by atoms with E-state index in [1.165, 1.54) is 19.2 Å². The van der Waals surface area contributed by atoms with Gasteiger partial charge in [0.15, 0.2) is 11.5 Å². The number of rotatable bonds is 5. The van der Waals surface area contributed by atoms with Gasteiger partial charge >= 0.3 is 6.18 Å². The monoisotopic (exact) mass is 394 g/mol. The van der Waals surface area contributed by atoms with Gasteiger partial charge in [-0.25, -0.2) is 0 Å². The zero-order chi connectivity index (χ0) is 20.4. The normalized spacial score (nSPS) is 19.0. The van der Waals surface area contributed by atoms with Crippen molar-refractivity contribution in [1.82, 2.24) is 5.01 Å². The molecule has 9 heteroatoms. The molecule has 3 rings (SSSR count). The van der Waals surface area contributed by atoms with E-state index in [0.717, 1.165) is 6.21 Å². The number of ether oxygens (including phenoxy) is 2. The number of alkyl halides is 3. The summed E-state index contributed by atoms with van der Waals surface area (Å²) in [5.41, 5.74) is -2.68. The Morgan fingerprint density at radius 2 is 1.82 bits per heavy atom. The molecule has 1 unspecified atom stereocenters. The Bertz CT molecular complexity index is 883. The number of aliphatic hydroxyl groups is 1. The van der Waals surface area contributed by atoms with Crippen LogP contribution in [-0.4, -0.2) is 41.2 Å². The zero-order valence-corrected chi connectivity index (χ0v) is 14.8. The van der Waals surface area contributed by atoms with Crippen LogP contribution in [0.2, 0.25) is 0 Å². The lowest BCUT2D eigenvalue weighted by atomic mass is 10.1. The van der Waals surface area contributed by atoms with E-state index in [1.54, 1.807) is 36.4 Å². The second kappa shape index (κ2) is 7.51. The van der Waals surface area contributed by atoms with Gasteiger partial charge in [0, 0.05) is 18.2 Å². The first-order chi connectivity index (χ1) is 13.3. The Morgan fingerprint density at radius 3 is 2.43 bits per heavy atom. The topological polar surface area (TPSA) is 71.4 Å². The minimum absolute atomic E-state index is 0.0391. The van der Waals surface area contributed by atoms with Crippen molar-refractivity contribution in [1.29, 1.82) is 0 Å². The van der Waals surface area contributed by atoms with Crippen molar-refractivity contribution in [3.63, 3.8) is 0 Å². The van der Waals surface area contributed by atoms with E-state index >= 15 is 0 Å². The van der Waals surface area contributed by atoms with Crippen molar-refractivity contribution in [2.45, 2.75) is 24.9 Å². The maximum absolute atomic E-state index is 13.1. The molecule has 28 heavy (non-hydrogen) atoms. The second-order valence-electron chi connectivity index (χ2n) is 6.07. The van der Waals surface area contributed by atoms with Gasteiger partial charge in [0.2, 0.25) is 0 Å². The van der Waals surface area contributed by atoms with Crippen molar-refractivity contribution in [2.24, 2.45) is 5.10 Å². The molecule has 0 aromatic heterocycles. The maximum Gasteiger partial charge on any atom is 0.438 e. The second-order valence-corrected chi connectivity index (χ2v) is 6.07. The largest absolute Gasteiger partial charge is 0.493 e. The molecule has 0 saturated heterocycles. The van der Waals surface area contributed by atoms with Gasteiger partial charge in [-0.1, -0.05) is 24.3 Å². The van der Waals surface area contributed by atoms with Crippen LogP contribution in [0.25, 0.3) is 0 Å². The lowest BCUT2D eigenvalue weighted by molar-refractivity contribution is -0.297. The third kappa shape index (κ3) is 3.65. The maximum atomic E-state index is 13.1. The van der Waals surface area contributed by atoms with Crippen LogP contribution >= 0.6 is 0 Å². The molecule has 0 radical (unpaired) electrons. The van der Waals surface area contributed by atoms with Gasteiger partial charge in [-0.3, -0.25) is 4.79 Å². The molecule has 1 amide bonds. The first-order valence-corrected chi connectivity index (χ1v) is 8.27. The van der Waals surface area contributed by atoms with Crippen LogP contribution in [0.4, 0.5) is 13.2 Å². The van der Waals surface area contributed by atoms with Gasteiger partial charge in [-0.2, -0.15) is 23.3 Å². The van der Waals surface area contributed by atoms with E-state index in [0.29, 0.717) is 17.1 Å². The Balaban J connectivity index is 1.70. The van der Waals surface area contributed by atoms with Gasteiger partial charge in [-0.05, 0) is 29.8 Å². The SMILES string of the molecule is COc1ccccc1OCc1ccc(C(=O)N2N=CCC2(O)C(F)(F)F)cc1. The van der Waals surface area contributed by atoms with Crippen LogP contribution in [0.5, 0.6) is 11.5 Å². The standard InChI is InChI=1S/C19H17F3N2O4/c1-27-15-4-2-3-5-16(15)28-12-13-6-8-14(9-7-13)17(25)24-18(26,10-11-23-24)19(20,21)22/h2-9,11,26H,10,12H2,1H3. The van der Waals surface area contributed by atoms with Crippen LogP contribution in [0.3, 0.4) is 0 Å². The van der Waals surface area contributed by atoms with Crippen molar-refractivity contribution in [3.05, 3.63) is 59.7 Å². The summed E-state index contributed by atoms with van der Waals surface area (Å²) in [4.78, 5) is 12.4. The number of hydrazone groups is 1. The lowest BCUT2D eigenvalue weighted by Crippen LogP contribution is -2.56. The molecule has 0 fully saturated rings. The summed E-state index contributed by atoms with van der Waals surface area (Å²) in [6.07, 6.45) is -4.98. The number of benzene rings is 2. The Morgan fingerprint density at radius 1 is 1.18 bits per heavy atom. The molecule has 0 bridgehead atoms. The van der Waals surface area contributed by atoms with E-state index in [2.05, 4.69) is 5.10 Å². The van der Waals surface area contributed by atoms with Crippen molar-refractivity contribution in [2.75, 3.05) is 7.11 Å². The van der Waals surface area contributed by atoms with Crippen LogP contribution in [-0.2, 0) is 6.61 Å². The molecule has 0 spiro atoms. The van der Waals surface area contributed by atoms with Crippen LogP contribution in [0.15, 0.2) is 53.6 Å². The summed E-state index contributed by atoms with van der Waals surface area (Å²) in [7, 11) is 1.52. The van der Waals surface area contributed by atoms with Crippen molar-refractivity contribution >= 4 is 12.1 Å². The molecule has 0 aliphatic carbocycles. The summed E-state index contributed by atoms with van der Waals surface area (Å²) in [6, 6.07) is 12.9. The highest BCUT2D eigenvalue weighted by molar-refractivity contribution is 5.95. The van der Waals surface area contributed by atoms with E-state index in [9.17, 15) is 23.1 Å². The summed E-state index contributed by atoms with van der Waals surface area (Å²) in [6.45, 7) is 0.170. The number of carbonyl (C=O) groups is 1. The highest BCUT2D eigenvalue weighted by atomic mass is 19.4. The number of hydrogen-bond donors (Lipinski definition) is 1. The fraction of sp³-hybridized carbons (Fsp3) is 0.263. The minimum atomic E-state index is -5.03. The minimum Gasteiger partial charge on any atom is -0.493 e. The molecular weight excluding hydrogens is 377 g/mol. The Kier molecular flexibility index (Phi) is 5.28. The van der Waals surface area contributed by atoms with Crippen LogP contribution < -0.4 is 9.47 Å². The first kappa shape index (κ1) is 19.7. The zero-order valence-electron chi connectivity index (χ0n) is 14.8. The number of carbonyl (C=O) groups excluding carboxylic acids is 1. The van der Waals surface area contributed by atoms with Crippen molar-refractivity contribution in [3.8, 4) is 11.5 Å². The number of hydrogen-bond acceptors (Lipinski definition) is 5. The average Bonchev–Trinajstić information content (AvgIpc) is 3.09. The molecular formula is C19H17F3N2O4. The van der Waals surface area contributed by atoms with Gasteiger partial charge in [0.05, 0.1) is 7.11 Å². The molecule has 6 nitrogen and oxygen atoms in total. The van der Waals surface area contributed by atoms with E-state index in [-0.39, 0.29) is 17.2 Å². The average molecular weight is 394 g/mol. The predicted molar refractivity (Wildman–Crippen MR) is 94.1 cm³/mol. The number of amides is 1. The first-order valence-electron chi connectivity index (χ1n) is 8.27. The highest BCUT2D eigenvalue weighted by Crippen LogP contribution is 2.39. The van der Waals surface area contributed by atoms with Crippen LogP contribution in [0, 0.1) is 0 Å². The molecule has 2 aromatic rings. The molecule has 1 aliphatic rings. The molecule has 1 N–H and O–H groups in total. The van der Waals surface area contributed by atoms with Crippen LogP contribution in [0.1, 0.15) is 22.3 Å². The van der Waals surface area contributed by atoms with Gasteiger partial charge < -0.3 is 14.6 Å². The Hall–Kier alpha value is -3.07.